The first-order chi connectivity index (χ1) is 13.6. The van der Waals surface area contributed by atoms with Gasteiger partial charge in [0.25, 0.3) is 0 Å². The van der Waals surface area contributed by atoms with Gasteiger partial charge in [-0.1, -0.05) is 12.1 Å². The van der Waals surface area contributed by atoms with Gasteiger partial charge in [-0.25, -0.2) is 8.78 Å². The Morgan fingerprint density at radius 1 is 1.21 bits per heavy atom. The summed E-state index contributed by atoms with van der Waals surface area (Å²) < 4.78 is 27.4. The summed E-state index contributed by atoms with van der Waals surface area (Å²) in [5.41, 5.74) is 1.67. The number of piperidine rings is 1. The zero-order valence-electron chi connectivity index (χ0n) is 15.8. The summed E-state index contributed by atoms with van der Waals surface area (Å²) >= 11 is 0. The highest BCUT2D eigenvalue weighted by molar-refractivity contribution is 5.80. The molecule has 0 aromatic heterocycles. The Bertz CT molecular complexity index is 883. The van der Waals surface area contributed by atoms with Crippen LogP contribution in [-0.4, -0.2) is 32.1 Å². The third kappa shape index (κ3) is 4.97. The Morgan fingerprint density at radius 3 is 2.64 bits per heavy atom. The third-order valence-corrected chi connectivity index (χ3v) is 4.86. The minimum Gasteiger partial charge on any atom is -0.371 e. The quantitative estimate of drug-likeness (QED) is 0.629. The minimum absolute atomic E-state index is 0.225. The monoisotopic (exact) mass is 383 g/mol. The molecular weight excluding hydrogens is 360 g/mol. The standard InChI is InChI=1S/C21H23F2N5/c1-25-21(26-14-16-6-5-15(13-24)11-20(16)23)27-18-7-9-28(10-8-18)19-4-2-3-17(22)12-19/h2-6,11-12,18H,7-10,14H2,1H3,(H2,25,26,27). The maximum absolute atomic E-state index is 14.0. The number of rotatable bonds is 4. The Morgan fingerprint density at radius 2 is 2.00 bits per heavy atom. The fraction of sp³-hybridized carbons (Fsp3) is 0.333. The van der Waals surface area contributed by atoms with Gasteiger partial charge in [0.05, 0.1) is 11.6 Å². The normalized spacial score (nSPS) is 15.2. The Balaban J connectivity index is 1.50. The molecule has 2 aromatic carbocycles. The molecule has 1 saturated heterocycles. The molecule has 0 bridgehead atoms. The van der Waals surface area contributed by atoms with Gasteiger partial charge in [-0.15, -0.1) is 0 Å². The van der Waals surface area contributed by atoms with Crippen molar-refractivity contribution in [3.05, 3.63) is 65.2 Å². The predicted octanol–water partition coefficient (Wildman–Crippen LogP) is 3.17. The summed E-state index contributed by atoms with van der Waals surface area (Å²) in [5, 5.41) is 15.3. The van der Waals surface area contributed by atoms with Crippen molar-refractivity contribution in [2.75, 3.05) is 25.0 Å². The number of hydrogen-bond donors (Lipinski definition) is 2. The fourth-order valence-electron chi connectivity index (χ4n) is 3.28. The second-order valence-electron chi connectivity index (χ2n) is 6.73. The number of nitrogens with one attached hydrogen (secondary N) is 2. The summed E-state index contributed by atoms with van der Waals surface area (Å²) in [5.74, 6) is -0.0317. The second-order valence-corrected chi connectivity index (χ2v) is 6.73. The van der Waals surface area contributed by atoms with Crippen LogP contribution in [0.4, 0.5) is 14.5 Å². The molecule has 1 fully saturated rings. The maximum Gasteiger partial charge on any atom is 0.191 e. The fourth-order valence-corrected chi connectivity index (χ4v) is 3.28. The summed E-state index contributed by atoms with van der Waals surface area (Å²) in [6.45, 7) is 1.92. The summed E-state index contributed by atoms with van der Waals surface area (Å²) in [6, 6.07) is 13.2. The molecule has 0 amide bonds. The van der Waals surface area contributed by atoms with E-state index in [-0.39, 0.29) is 18.4 Å². The van der Waals surface area contributed by atoms with Gasteiger partial charge in [-0.05, 0) is 43.2 Å². The Labute approximate surface area is 163 Å². The molecule has 0 saturated carbocycles. The highest BCUT2D eigenvalue weighted by atomic mass is 19.1. The van der Waals surface area contributed by atoms with Crippen LogP contribution in [0.15, 0.2) is 47.5 Å². The van der Waals surface area contributed by atoms with E-state index in [1.807, 2.05) is 12.1 Å². The van der Waals surface area contributed by atoms with Crippen molar-refractivity contribution in [3.63, 3.8) is 0 Å². The van der Waals surface area contributed by atoms with Gasteiger partial charge in [0.2, 0.25) is 0 Å². The van der Waals surface area contributed by atoms with Crippen molar-refractivity contribution >= 4 is 11.6 Å². The molecule has 7 heteroatoms. The number of aliphatic imine (C=N–C) groups is 1. The number of nitriles is 1. The molecule has 0 atom stereocenters. The van der Waals surface area contributed by atoms with Crippen molar-refractivity contribution in [2.45, 2.75) is 25.4 Å². The zero-order chi connectivity index (χ0) is 19.9. The van der Waals surface area contributed by atoms with Gasteiger partial charge in [-0.3, -0.25) is 4.99 Å². The minimum atomic E-state index is -0.412. The predicted molar refractivity (Wildman–Crippen MR) is 106 cm³/mol. The van der Waals surface area contributed by atoms with E-state index in [0.717, 1.165) is 31.6 Å². The molecule has 5 nitrogen and oxygen atoms in total. The molecule has 0 aliphatic carbocycles. The number of benzene rings is 2. The van der Waals surface area contributed by atoms with Gasteiger partial charge < -0.3 is 15.5 Å². The van der Waals surface area contributed by atoms with Crippen molar-refractivity contribution in [1.82, 2.24) is 10.6 Å². The lowest BCUT2D eigenvalue weighted by molar-refractivity contribution is 0.460. The lowest BCUT2D eigenvalue weighted by atomic mass is 10.0. The molecular formula is C21H23F2N5. The first-order valence-electron chi connectivity index (χ1n) is 9.25. The van der Waals surface area contributed by atoms with E-state index in [0.29, 0.717) is 17.1 Å². The smallest absolute Gasteiger partial charge is 0.191 e. The molecule has 146 valence electrons. The van der Waals surface area contributed by atoms with E-state index in [4.69, 9.17) is 5.26 Å². The number of hydrogen-bond acceptors (Lipinski definition) is 3. The van der Waals surface area contributed by atoms with Crippen LogP contribution in [0.1, 0.15) is 24.0 Å². The molecule has 1 aliphatic heterocycles. The van der Waals surface area contributed by atoms with Crippen LogP contribution in [0.25, 0.3) is 0 Å². The molecule has 1 aliphatic rings. The average Bonchev–Trinajstić information content (AvgIpc) is 2.72. The van der Waals surface area contributed by atoms with Crippen LogP contribution in [0.2, 0.25) is 0 Å². The first-order valence-corrected chi connectivity index (χ1v) is 9.25. The van der Waals surface area contributed by atoms with E-state index < -0.39 is 5.82 Å². The lowest BCUT2D eigenvalue weighted by Crippen LogP contribution is -2.48. The Kier molecular flexibility index (Phi) is 6.43. The van der Waals surface area contributed by atoms with E-state index in [1.165, 1.54) is 12.1 Å². The van der Waals surface area contributed by atoms with Crippen LogP contribution < -0.4 is 15.5 Å². The van der Waals surface area contributed by atoms with Crippen LogP contribution >= 0.6 is 0 Å². The number of guanidine groups is 1. The molecule has 2 aromatic rings. The van der Waals surface area contributed by atoms with Crippen LogP contribution in [-0.2, 0) is 6.54 Å². The van der Waals surface area contributed by atoms with Gasteiger partial charge in [0.1, 0.15) is 11.6 Å². The summed E-state index contributed by atoms with van der Waals surface area (Å²) in [7, 11) is 1.67. The van der Waals surface area contributed by atoms with Gasteiger partial charge in [0.15, 0.2) is 5.96 Å². The van der Waals surface area contributed by atoms with Crippen molar-refractivity contribution in [2.24, 2.45) is 4.99 Å². The van der Waals surface area contributed by atoms with Gasteiger partial charge in [-0.2, -0.15) is 5.26 Å². The topological polar surface area (TPSA) is 63.5 Å². The largest absolute Gasteiger partial charge is 0.371 e. The van der Waals surface area contributed by atoms with Crippen molar-refractivity contribution < 1.29 is 8.78 Å². The molecule has 3 rings (SSSR count). The van der Waals surface area contributed by atoms with Crippen LogP contribution in [0.3, 0.4) is 0 Å². The first kappa shape index (κ1) is 19.6. The Hall–Kier alpha value is -3.14. The zero-order valence-corrected chi connectivity index (χ0v) is 15.8. The summed E-state index contributed by atoms with van der Waals surface area (Å²) in [6.07, 6.45) is 1.78. The van der Waals surface area contributed by atoms with Crippen LogP contribution in [0.5, 0.6) is 0 Å². The van der Waals surface area contributed by atoms with Crippen LogP contribution in [0, 0.1) is 23.0 Å². The lowest BCUT2D eigenvalue weighted by Gasteiger charge is -2.34. The van der Waals surface area contributed by atoms with Crippen molar-refractivity contribution in [1.29, 1.82) is 5.26 Å². The highest BCUT2D eigenvalue weighted by Crippen LogP contribution is 2.20. The number of halogens is 2. The van der Waals surface area contributed by atoms with Crippen molar-refractivity contribution in [3.8, 4) is 6.07 Å². The average molecular weight is 383 g/mol. The van der Waals surface area contributed by atoms with Gasteiger partial charge in [0, 0.05) is 44.0 Å². The van der Waals surface area contributed by atoms with E-state index in [1.54, 1.807) is 31.3 Å². The second kappa shape index (κ2) is 9.18. The van der Waals surface area contributed by atoms with E-state index in [9.17, 15) is 8.78 Å². The SMILES string of the molecule is CN=C(NCc1ccc(C#N)cc1F)NC1CCN(c2cccc(F)c2)CC1. The number of nitrogens with zero attached hydrogens (tertiary/aromatic N) is 3. The van der Waals surface area contributed by atoms with E-state index in [2.05, 4.69) is 20.5 Å². The highest BCUT2D eigenvalue weighted by Gasteiger charge is 2.20. The molecule has 0 spiro atoms. The molecule has 0 radical (unpaired) electrons. The molecule has 28 heavy (non-hydrogen) atoms. The summed E-state index contributed by atoms with van der Waals surface area (Å²) in [4.78, 5) is 6.38. The molecule has 2 N–H and O–H groups in total. The van der Waals surface area contributed by atoms with E-state index >= 15 is 0 Å². The van der Waals surface area contributed by atoms with Gasteiger partial charge >= 0.3 is 0 Å². The molecule has 1 heterocycles. The number of anilines is 1. The third-order valence-electron chi connectivity index (χ3n) is 4.86. The maximum atomic E-state index is 14.0. The molecule has 0 unspecified atom stereocenters.